The lowest BCUT2D eigenvalue weighted by molar-refractivity contribution is -0.132. The van der Waals surface area contributed by atoms with Gasteiger partial charge in [0.2, 0.25) is 5.91 Å². The number of fused-ring (bicyclic) bond motifs is 1. The van der Waals surface area contributed by atoms with Crippen molar-refractivity contribution in [1.82, 2.24) is 14.9 Å². The molecule has 2 aromatic carbocycles. The molecular formula is C26H27N3O. The third-order valence-electron chi connectivity index (χ3n) is 5.54. The molecule has 0 fully saturated rings. The molecule has 0 saturated heterocycles. The smallest absolute Gasteiger partial charge is 0.223 e. The van der Waals surface area contributed by atoms with E-state index < -0.39 is 0 Å². The van der Waals surface area contributed by atoms with Crippen LogP contribution in [0.15, 0.2) is 79.3 Å². The molecule has 2 heterocycles. The number of nitrogens with one attached hydrogen (secondary N) is 1. The first-order valence-electron chi connectivity index (χ1n) is 10.5. The molecule has 4 rings (SSSR count). The lowest BCUT2D eigenvalue weighted by Gasteiger charge is -2.23. The van der Waals surface area contributed by atoms with E-state index >= 15 is 0 Å². The van der Waals surface area contributed by atoms with E-state index in [9.17, 15) is 4.79 Å². The second-order valence-corrected chi connectivity index (χ2v) is 7.64. The quantitative estimate of drug-likeness (QED) is 0.439. The van der Waals surface area contributed by atoms with Gasteiger partial charge in [-0.3, -0.25) is 9.78 Å². The number of H-pyrrole nitrogens is 1. The van der Waals surface area contributed by atoms with Crippen LogP contribution < -0.4 is 0 Å². The molecule has 2 aromatic heterocycles. The average molecular weight is 398 g/mol. The molecule has 4 nitrogen and oxygen atoms in total. The van der Waals surface area contributed by atoms with Crippen LogP contribution in [0, 0.1) is 0 Å². The Labute approximate surface area is 177 Å². The minimum absolute atomic E-state index is 0.156. The summed E-state index contributed by atoms with van der Waals surface area (Å²) in [5.74, 6) is 0.156. The molecule has 0 aliphatic rings. The fourth-order valence-corrected chi connectivity index (χ4v) is 3.78. The summed E-state index contributed by atoms with van der Waals surface area (Å²) in [4.78, 5) is 22.6. The van der Waals surface area contributed by atoms with Crippen LogP contribution >= 0.6 is 0 Å². The van der Waals surface area contributed by atoms with Crippen molar-refractivity contribution in [2.24, 2.45) is 0 Å². The van der Waals surface area contributed by atoms with Gasteiger partial charge < -0.3 is 9.88 Å². The number of para-hydroxylation sites is 1. The fraction of sp³-hybridized carbons (Fsp3) is 0.231. The van der Waals surface area contributed by atoms with E-state index in [1.807, 2.05) is 41.6 Å². The van der Waals surface area contributed by atoms with Crippen LogP contribution in [0.3, 0.4) is 0 Å². The Balaban J connectivity index is 1.49. The number of hydrogen-bond donors (Lipinski definition) is 1. The van der Waals surface area contributed by atoms with Gasteiger partial charge in [0, 0.05) is 49.0 Å². The molecule has 1 amide bonds. The maximum Gasteiger partial charge on any atom is 0.223 e. The lowest BCUT2D eigenvalue weighted by atomic mass is 10.1. The number of nitrogens with zero attached hydrogens (tertiary/aromatic N) is 2. The van der Waals surface area contributed by atoms with Gasteiger partial charge in [-0.05, 0) is 47.2 Å². The molecule has 0 radical (unpaired) electrons. The highest BCUT2D eigenvalue weighted by atomic mass is 16.2. The predicted octanol–water partition coefficient (Wildman–Crippen LogP) is 5.29. The van der Waals surface area contributed by atoms with E-state index in [-0.39, 0.29) is 5.91 Å². The zero-order chi connectivity index (χ0) is 20.8. The topological polar surface area (TPSA) is 49.0 Å². The van der Waals surface area contributed by atoms with E-state index in [4.69, 9.17) is 0 Å². The number of hydrogen-bond acceptors (Lipinski definition) is 2. The monoisotopic (exact) mass is 397 g/mol. The van der Waals surface area contributed by atoms with E-state index in [1.165, 1.54) is 16.5 Å². The molecule has 0 atom stereocenters. The van der Waals surface area contributed by atoms with Gasteiger partial charge in [0.15, 0.2) is 0 Å². The number of aromatic nitrogens is 2. The van der Waals surface area contributed by atoms with E-state index in [1.54, 1.807) is 6.20 Å². The molecular weight excluding hydrogens is 370 g/mol. The van der Waals surface area contributed by atoms with Gasteiger partial charge in [0.1, 0.15) is 0 Å². The molecule has 1 N–H and O–H groups in total. The van der Waals surface area contributed by atoms with Crippen molar-refractivity contribution in [2.45, 2.75) is 39.3 Å². The Morgan fingerprint density at radius 1 is 0.933 bits per heavy atom. The minimum Gasteiger partial charge on any atom is -0.361 e. The maximum atomic E-state index is 13.2. The van der Waals surface area contributed by atoms with Gasteiger partial charge in [-0.2, -0.15) is 0 Å². The number of carbonyl (C=O) groups is 1. The van der Waals surface area contributed by atoms with Crippen LogP contribution in [0.25, 0.3) is 10.9 Å². The number of rotatable bonds is 8. The van der Waals surface area contributed by atoms with Gasteiger partial charge in [-0.15, -0.1) is 0 Å². The third-order valence-corrected chi connectivity index (χ3v) is 5.54. The first-order valence-corrected chi connectivity index (χ1v) is 10.5. The van der Waals surface area contributed by atoms with E-state index in [0.29, 0.717) is 19.5 Å². The predicted molar refractivity (Wildman–Crippen MR) is 121 cm³/mol. The van der Waals surface area contributed by atoms with Crippen LogP contribution in [0.4, 0.5) is 0 Å². The van der Waals surface area contributed by atoms with Crippen molar-refractivity contribution in [1.29, 1.82) is 0 Å². The molecule has 4 heteroatoms. The van der Waals surface area contributed by atoms with Gasteiger partial charge >= 0.3 is 0 Å². The SMILES string of the molecule is CCc1ccc(CN(Cc2cccnc2)C(=O)CCc2c[nH]c3ccccc23)cc1. The molecule has 30 heavy (non-hydrogen) atoms. The Hall–Kier alpha value is -3.40. The van der Waals surface area contributed by atoms with Gasteiger partial charge in [0.05, 0.1) is 0 Å². The van der Waals surface area contributed by atoms with Gasteiger partial charge in [-0.1, -0.05) is 55.5 Å². The molecule has 0 unspecified atom stereocenters. The molecule has 152 valence electrons. The van der Waals surface area contributed by atoms with Crippen molar-refractivity contribution in [2.75, 3.05) is 0 Å². The first kappa shape index (κ1) is 19.9. The highest BCUT2D eigenvalue weighted by molar-refractivity contribution is 5.84. The summed E-state index contributed by atoms with van der Waals surface area (Å²) >= 11 is 0. The molecule has 0 aliphatic carbocycles. The largest absolute Gasteiger partial charge is 0.361 e. The average Bonchev–Trinajstić information content (AvgIpc) is 3.21. The van der Waals surface area contributed by atoms with Crippen LogP contribution in [0.1, 0.15) is 35.6 Å². The number of aryl methyl sites for hydroxylation is 2. The summed E-state index contributed by atoms with van der Waals surface area (Å²) in [6.07, 6.45) is 7.84. The van der Waals surface area contributed by atoms with Gasteiger partial charge in [-0.25, -0.2) is 0 Å². The third kappa shape index (κ3) is 4.77. The Kier molecular flexibility index (Phi) is 6.23. The Bertz CT molecular complexity index is 1100. The maximum absolute atomic E-state index is 13.2. The second-order valence-electron chi connectivity index (χ2n) is 7.64. The number of aromatic amines is 1. The van der Waals surface area contributed by atoms with E-state index in [0.717, 1.165) is 29.5 Å². The summed E-state index contributed by atoms with van der Waals surface area (Å²) < 4.78 is 0. The van der Waals surface area contributed by atoms with Crippen molar-refractivity contribution in [3.8, 4) is 0 Å². The number of carbonyl (C=O) groups excluding carboxylic acids is 1. The molecule has 0 bridgehead atoms. The number of amides is 1. The number of pyridine rings is 1. The second kappa shape index (κ2) is 9.40. The van der Waals surface area contributed by atoms with E-state index in [2.05, 4.69) is 53.3 Å². The molecule has 4 aromatic rings. The minimum atomic E-state index is 0.156. The summed E-state index contributed by atoms with van der Waals surface area (Å²) in [5, 5.41) is 1.19. The summed E-state index contributed by atoms with van der Waals surface area (Å²) in [7, 11) is 0. The number of benzene rings is 2. The highest BCUT2D eigenvalue weighted by Crippen LogP contribution is 2.20. The first-order chi connectivity index (χ1) is 14.7. The molecule has 0 spiro atoms. The normalized spacial score (nSPS) is 11.0. The van der Waals surface area contributed by atoms with Gasteiger partial charge in [0.25, 0.3) is 0 Å². The molecule has 0 aliphatic heterocycles. The van der Waals surface area contributed by atoms with Crippen LogP contribution in [-0.4, -0.2) is 20.8 Å². The summed E-state index contributed by atoms with van der Waals surface area (Å²) in [5.41, 5.74) is 5.80. The Morgan fingerprint density at radius 2 is 1.70 bits per heavy atom. The van der Waals surface area contributed by atoms with Crippen molar-refractivity contribution < 1.29 is 4.79 Å². The van der Waals surface area contributed by atoms with Crippen molar-refractivity contribution in [3.63, 3.8) is 0 Å². The van der Waals surface area contributed by atoms with Crippen LogP contribution in [-0.2, 0) is 30.7 Å². The van der Waals surface area contributed by atoms with Crippen LogP contribution in [0.2, 0.25) is 0 Å². The van der Waals surface area contributed by atoms with Crippen molar-refractivity contribution in [3.05, 3.63) is 102 Å². The zero-order valence-electron chi connectivity index (χ0n) is 17.3. The fourth-order valence-electron chi connectivity index (χ4n) is 3.78. The Morgan fingerprint density at radius 3 is 2.47 bits per heavy atom. The van der Waals surface area contributed by atoms with Crippen LogP contribution in [0.5, 0.6) is 0 Å². The molecule has 0 saturated carbocycles. The summed E-state index contributed by atoms with van der Waals surface area (Å²) in [6, 6.07) is 20.7. The zero-order valence-corrected chi connectivity index (χ0v) is 17.3. The summed E-state index contributed by atoms with van der Waals surface area (Å²) in [6.45, 7) is 3.32. The van der Waals surface area contributed by atoms with Crippen molar-refractivity contribution >= 4 is 16.8 Å². The highest BCUT2D eigenvalue weighted by Gasteiger charge is 2.16. The lowest BCUT2D eigenvalue weighted by Crippen LogP contribution is -2.30. The standard InChI is InChI=1S/C26H27N3O/c1-2-20-9-11-21(12-10-20)18-29(19-22-6-5-15-27-16-22)26(30)14-13-23-17-28-25-8-4-3-7-24(23)25/h3-12,15-17,28H,2,13-14,18-19H2,1H3.